The molecule has 2 heteroatoms. The average molecular weight is 516 g/mol. The standard InChI is InChI=1S/C27H32Br2/c1-3-5-7-9-13-27(14-10-8-6-4-2)23-17-21(28)15-19-11-12-20-16-22(29)18-24(27)26(20)25(19)23/h11-12,15-18H,3-10,13-14H2,1-2H3. The summed E-state index contributed by atoms with van der Waals surface area (Å²) >= 11 is 7.66. The summed E-state index contributed by atoms with van der Waals surface area (Å²) in [5.74, 6) is 0. The molecule has 3 aromatic carbocycles. The summed E-state index contributed by atoms with van der Waals surface area (Å²) in [6.07, 6.45) is 13.2. The number of unbranched alkanes of at least 4 members (excludes halogenated alkanes) is 6. The lowest BCUT2D eigenvalue weighted by molar-refractivity contribution is 0.401. The van der Waals surface area contributed by atoms with Crippen LogP contribution in [0.5, 0.6) is 0 Å². The number of benzene rings is 3. The monoisotopic (exact) mass is 514 g/mol. The molecule has 0 heterocycles. The van der Waals surface area contributed by atoms with Gasteiger partial charge >= 0.3 is 0 Å². The van der Waals surface area contributed by atoms with E-state index < -0.39 is 0 Å². The molecule has 0 unspecified atom stereocenters. The smallest absolute Gasteiger partial charge is 0.0216 e. The molecule has 1 aliphatic rings. The quantitative estimate of drug-likeness (QED) is 0.186. The molecular weight excluding hydrogens is 484 g/mol. The van der Waals surface area contributed by atoms with Gasteiger partial charge in [-0.15, -0.1) is 0 Å². The van der Waals surface area contributed by atoms with Crippen LogP contribution in [0.25, 0.3) is 21.5 Å². The first kappa shape index (κ1) is 21.4. The van der Waals surface area contributed by atoms with Gasteiger partial charge in [0.1, 0.15) is 0 Å². The summed E-state index contributed by atoms with van der Waals surface area (Å²) in [5.41, 5.74) is 3.32. The van der Waals surface area contributed by atoms with Crippen molar-refractivity contribution in [3.8, 4) is 0 Å². The Labute approximate surface area is 192 Å². The van der Waals surface area contributed by atoms with Crippen LogP contribution in [0.15, 0.2) is 45.3 Å². The summed E-state index contributed by atoms with van der Waals surface area (Å²) in [4.78, 5) is 0. The molecule has 4 rings (SSSR count). The fourth-order valence-electron chi connectivity index (χ4n) is 5.53. The van der Waals surface area contributed by atoms with Crippen molar-refractivity contribution in [3.05, 3.63) is 56.5 Å². The van der Waals surface area contributed by atoms with E-state index in [1.165, 1.54) is 94.7 Å². The van der Waals surface area contributed by atoms with Gasteiger partial charge in [-0.1, -0.05) is 109 Å². The van der Waals surface area contributed by atoms with Gasteiger partial charge < -0.3 is 0 Å². The predicted octanol–water partition coefficient (Wildman–Crippen LogP) is 10.1. The van der Waals surface area contributed by atoms with E-state index in [1.54, 1.807) is 11.1 Å². The zero-order chi connectivity index (χ0) is 20.4. The van der Waals surface area contributed by atoms with Crippen LogP contribution in [0, 0.1) is 0 Å². The highest BCUT2D eigenvalue weighted by atomic mass is 79.9. The van der Waals surface area contributed by atoms with Crippen LogP contribution in [-0.2, 0) is 5.41 Å². The van der Waals surface area contributed by atoms with Crippen molar-refractivity contribution in [2.24, 2.45) is 0 Å². The van der Waals surface area contributed by atoms with Gasteiger partial charge in [0, 0.05) is 14.4 Å². The fraction of sp³-hybridized carbons (Fsp3) is 0.481. The SMILES string of the molecule is CCCCCCC1(CCCCCC)c2cc(Br)cc3ccc4cc(Br)cc1c4c23. The second-order valence-corrected chi connectivity index (χ2v) is 10.7. The number of rotatable bonds is 10. The molecule has 0 N–H and O–H groups in total. The van der Waals surface area contributed by atoms with Crippen molar-refractivity contribution < 1.29 is 0 Å². The second-order valence-electron chi connectivity index (χ2n) is 8.87. The highest BCUT2D eigenvalue weighted by molar-refractivity contribution is 9.10. The molecule has 0 nitrogen and oxygen atoms in total. The highest BCUT2D eigenvalue weighted by Gasteiger charge is 2.41. The van der Waals surface area contributed by atoms with Gasteiger partial charge in [0.2, 0.25) is 0 Å². The molecule has 0 amide bonds. The van der Waals surface area contributed by atoms with Gasteiger partial charge in [0.05, 0.1) is 0 Å². The highest BCUT2D eigenvalue weighted by Crippen LogP contribution is 2.55. The first-order valence-electron chi connectivity index (χ1n) is 11.5. The van der Waals surface area contributed by atoms with Gasteiger partial charge in [0.25, 0.3) is 0 Å². The normalized spacial score (nSPS) is 14.5. The fourth-order valence-corrected chi connectivity index (χ4v) is 6.48. The Hall–Kier alpha value is -0.860. The Balaban J connectivity index is 1.88. The molecule has 0 saturated heterocycles. The van der Waals surface area contributed by atoms with Gasteiger partial charge in [0.15, 0.2) is 0 Å². The minimum absolute atomic E-state index is 0.162. The Kier molecular flexibility index (Phi) is 6.71. The van der Waals surface area contributed by atoms with Crippen LogP contribution in [-0.4, -0.2) is 0 Å². The maximum absolute atomic E-state index is 3.83. The maximum Gasteiger partial charge on any atom is 0.0216 e. The van der Waals surface area contributed by atoms with Crippen molar-refractivity contribution in [3.63, 3.8) is 0 Å². The number of hydrogen-bond acceptors (Lipinski definition) is 0. The van der Waals surface area contributed by atoms with Crippen molar-refractivity contribution in [1.82, 2.24) is 0 Å². The molecule has 1 aliphatic carbocycles. The summed E-state index contributed by atoms with van der Waals surface area (Å²) in [7, 11) is 0. The summed E-state index contributed by atoms with van der Waals surface area (Å²) in [6.45, 7) is 4.61. The topological polar surface area (TPSA) is 0 Å². The van der Waals surface area contributed by atoms with Crippen LogP contribution < -0.4 is 0 Å². The van der Waals surface area contributed by atoms with Gasteiger partial charge in [-0.3, -0.25) is 0 Å². The molecule has 0 aliphatic heterocycles. The number of halogens is 2. The van der Waals surface area contributed by atoms with E-state index in [-0.39, 0.29) is 5.41 Å². The molecule has 0 fully saturated rings. The summed E-state index contributed by atoms with van der Waals surface area (Å²) in [6, 6.07) is 14.1. The zero-order valence-corrected chi connectivity index (χ0v) is 21.0. The summed E-state index contributed by atoms with van der Waals surface area (Å²) < 4.78 is 2.44. The third-order valence-electron chi connectivity index (χ3n) is 6.91. The van der Waals surface area contributed by atoms with Gasteiger partial charge in [-0.2, -0.15) is 0 Å². The molecule has 0 radical (unpaired) electrons. The largest absolute Gasteiger partial charge is 0.0654 e. The van der Waals surface area contributed by atoms with Gasteiger partial charge in [-0.25, -0.2) is 0 Å². The lowest BCUT2D eigenvalue weighted by Crippen LogP contribution is -2.26. The second kappa shape index (κ2) is 9.10. The van der Waals surface area contributed by atoms with Gasteiger partial charge in [-0.05, 0) is 69.8 Å². The van der Waals surface area contributed by atoms with E-state index >= 15 is 0 Å². The maximum atomic E-state index is 3.83. The van der Waals surface area contributed by atoms with E-state index in [2.05, 4.69) is 82.1 Å². The van der Waals surface area contributed by atoms with Crippen LogP contribution in [0.1, 0.15) is 89.2 Å². The van der Waals surface area contributed by atoms with Crippen LogP contribution in [0.3, 0.4) is 0 Å². The Morgan fingerprint density at radius 1 is 0.621 bits per heavy atom. The molecule has 0 atom stereocenters. The molecule has 0 spiro atoms. The van der Waals surface area contributed by atoms with E-state index in [0.717, 1.165) is 0 Å². The third-order valence-corrected chi connectivity index (χ3v) is 7.82. The Morgan fingerprint density at radius 3 is 1.48 bits per heavy atom. The average Bonchev–Trinajstić information content (AvgIpc) is 2.97. The van der Waals surface area contributed by atoms with Crippen molar-refractivity contribution >= 4 is 53.4 Å². The Bertz CT molecular complexity index is 935. The molecule has 3 aromatic rings. The van der Waals surface area contributed by atoms with Crippen LogP contribution in [0.4, 0.5) is 0 Å². The van der Waals surface area contributed by atoms with E-state index in [1.807, 2.05) is 0 Å². The minimum atomic E-state index is 0.162. The lowest BCUT2D eigenvalue weighted by Gasteiger charge is -2.33. The van der Waals surface area contributed by atoms with E-state index in [9.17, 15) is 0 Å². The third kappa shape index (κ3) is 3.92. The van der Waals surface area contributed by atoms with Crippen molar-refractivity contribution in [2.45, 2.75) is 83.5 Å². The molecule has 0 aromatic heterocycles. The van der Waals surface area contributed by atoms with Crippen molar-refractivity contribution in [2.75, 3.05) is 0 Å². The lowest BCUT2D eigenvalue weighted by atomic mass is 9.70. The minimum Gasteiger partial charge on any atom is -0.0654 e. The first-order chi connectivity index (χ1) is 14.1. The van der Waals surface area contributed by atoms with Crippen LogP contribution in [0.2, 0.25) is 0 Å². The molecule has 0 saturated carbocycles. The first-order valence-corrected chi connectivity index (χ1v) is 13.1. The van der Waals surface area contributed by atoms with E-state index in [4.69, 9.17) is 0 Å². The van der Waals surface area contributed by atoms with E-state index in [0.29, 0.717) is 0 Å². The predicted molar refractivity (Wildman–Crippen MR) is 135 cm³/mol. The summed E-state index contributed by atoms with van der Waals surface area (Å²) in [5, 5.41) is 5.79. The molecule has 154 valence electrons. The Morgan fingerprint density at radius 2 is 1.07 bits per heavy atom. The zero-order valence-electron chi connectivity index (χ0n) is 17.8. The molecule has 0 bridgehead atoms. The number of hydrogen-bond donors (Lipinski definition) is 0. The van der Waals surface area contributed by atoms with Crippen molar-refractivity contribution in [1.29, 1.82) is 0 Å². The molecular formula is C27H32Br2. The van der Waals surface area contributed by atoms with Crippen LogP contribution >= 0.6 is 31.9 Å². The molecule has 29 heavy (non-hydrogen) atoms.